The van der Waals surface area contributed by atoms with Crippen LogP contribution in [0.5, 0.6) is 0 Å². The molecule has 0 unspecified atom stereocenters. The van der Waals surface area contributed by atoms with Crippen LogP contribution in [0.4, 0.5) is 0 Å². The number of nitrogens with one attached hydrogen (secondary N) is 1. The Morgan fingerprint density at radius 1 is 1.17 bits per heavy atom. The van der Waals surface area contributed by atoms with Gasteiger partial charge in [-0.25, -0.2) is 0 Å². The highest BCUT2D eigenvalue weighted by atomic mass is 16.2. The lowest BCUT2D eigenvalue weighted by Gasteiger charge is -2.28. The number of amides is 2. The van der Waals surface area contributed by atoms with Crippen LogP contribution in [0.1, 0.15) is 38.3 Å². The van der Waals surface area contributed by atoms with E-state index in [0.717, 1.165) is 19.4 Å². The van der Waals surface area contributed by atoms with E-state index in [-0.39, 0.29) is 17.9 Å². The first kappa shape index (κ1) is 15.5. The molecule has 4 nitrogen and oxygen atoms in total. The van der Waals surface area contributed by atoms with Crippen LogP contribution >= 0.6 is 0 Å². The van der Waals surface area contributed by atoms with Crippen molar-refractivity contribution in [3.05, 3.63) is 48.0 Å². The molecule has 4 heteroatoms. The Morgan fingerprint density at radius 3 is 2.70 bits per heavy atom. The number of carbonyl (C=O) groups excluding carboxylic acids is 2. The molecule has 120 valence electrons. The number of benzene rings is 2. The Labute approximate surface area is 136 Å². The molecule has 0 spiro atoms. The van der Waals surface area contributed by atoms with Gasteiger partial charge in [0.1, 0.15) is 6.04 Å². The summed E-state index contributed by atoms with van der Waals surface area (Å²) in [5, 5.41) is 5.09. The molecular weight excluding hydrogens is 288 g/mol. The maximum absolute atomic E-state index is 12.7. The number of hydrogen-bond acceptors (Lipinski definition) is 2. The average molecular weight is 310 g/mol. The second-order valence-corrected chi connectivity index (χ2v) is 6.18. The number of nitrogens with zero attached hydrogens (tertiary/aromatic N) is 1. The molecular formula is C19H22N2O2. The molecule has 1 aliphatic rings. The second-order valence-electron chi connectivity index (χ2n) is 6.18. The molecule has 1 aliphatic heterocycles. The van der Waals surface area contributed by atoms with Crippen LogP contribution in [-0.2, 0) is 9.59 Å². The molecule has 1 saturated heterocycles. The van der Waals surface area contributed by atoms with Crippen LogP contribution in [-0.4, -0.2) is 29.3 Å². The molecule has 1 heterocycles. The van der Waals surface area contributed by atoms with Gasteiger partial charge in [0.15, 0.2) is 0 Å². The predicted molar refractivity (Wildman–Crippen MR) is 90.9 cm³/mol. The topological polar surface area (TPSA) is 49.4 Å². The van der Waals surface area contributed by atoms with E-state index >= 15 is 0 Å². The third-order valence-corrected chi connectivity index (χ3v) is 4.51. The zero-order valence-corrected chi connectivity index (χ0v) is 13.6. The lowest BCUT2D eigenvalue weighted by molar-refractivity contribution is -0.136. The molecule has 0 aromatic heterocycles. The van der Waals surface area contributed by atoms with Crippen molar-refractivity contribution < 1.29 is 9.59 Å². The fourth-order valence-electron chi connectivity index (χ4n) is 3.51. The zero-order chi connectivity index (χ0) is 16.4. The summed E-state index contributed by atoms with van der Waals surface area (Å²) in [6.45, 7) is 3.94. The summed E-state index contributed by atoms with van der Waals surface area (Å²) in [5.41, 5.74) is 1.20. The van der Waals surface area contributed by atoms with E-state index in [1.54, 1.807) is 6.92 Å². The first-order valence-electron chi connectivity index (χ1n) is 8.13. The molecule has 2 aromatic carbocycles. The minimum atomic E-state index is -0.483. The van der Waals surface area contributed by atoms with E-state index in [1.165, 1.54) is 23.3 Å². The maximum Gasteiger partial charge on any atom is 0.245 e. The normalized spacial score (nSPS) is 18.9. The second kappa shape index (κ2) is 6.41. The predicted octanol–water partition coefficient (Wildman–Crippen LogP) is 3.03. The van der Waals surface area contributed by atoms with Crippen LogP contribution in [0.3, 0.4) is 0 Å². The van der Waals surface area contributed by atoms with Crippen molar-refractivity contribution in [1.29, 1.82) is 0 Å². The van der Waals surface area contributed by atoms with Gasteiger partial charge in [0.05, 0.1) is 6.04 Å². The average Bonchev–Trinajstić information content (AvgIpc) is 3.02. The van der Waals surface area contributed by atoms with Crippen molar-refractivity contribution in [2.75, 3.05) is 6.54 Å². The highest BCUT2D eigenvalue weighted by Gasteiger charge is 2.33. The molecule has 2 atom stereocenters. The van der Waals surface area contributed by atoms with Crippen molar-refractivity contribution in [1.82, 2.24) is 10.2 Å². The minimum Gasteiger partial charge on any atom is -0.345 e. The summed E-state index contributed by atoms with van der Waals surface area (Å²) in [6.07, 6.45) is 1.96. The van der Waals surface area contributed by atoms with E-state index in [9.17, 15) is 9.59 Å². The van der Waals surface area contributed by atoms with Gasteiger partial charge in [-0.05, 0) is 36.1 Å². The molecule has 0 saturated carbocycles. The third kappa shape index (κ3) is 3.07. The standard InChI is InChI=1S/C19H22N2O2/c1-13(20-14(2)22)19(23)21-12-6-11-18(21)17-10-5-8-15-7-3-4-9-16(15)17/h3-5,7-10,13,18H,6,11-12H2,1-2H3,(H,20,22)/t13-,18+/m1/s1. The van der Waals surface area contributed by atoms with E-state index < -0.39 is 6.04 Å². The van der Waals surface area contributed by atoms with E-state index in [2.05, 4.69) is 35.6 Å². The van der Waals surface area contributed by atoms with E-state index in [1.807, 2.05) is 17.0 Å². The van der Waals surface area contributed by atoms with Crippen LogP contribution in [0.25, 0.3) is 10.8 Å². The summed E-state index contributed by atoms with van der Waals surface area (Å²) in [6, 6.07) is 14.1. The van der Waals surface area contributed by atoms with Gasteiger partial charge in [-0.2, -0.15) is 0 Å². The van der Waals surface area contributed by atoms with Gasteiger partial charge < -0.3 is 10.2 Å². The number of rotatable bonds is 3. The summed E-state index contributed by atoms with van der Waals surface area (Å²) in [4.78, 5) is 25.8. The van der Waals surface area contributed by atoms with E-state index in [0.29, 0.717) is 0 Å². The number of fused-ring (bicyclic) bond motifs is 1. The van der Waals surface area contributed by atoms with Gasteiger partial charge in [0, 0.05) is 13.5 Å². The van der Waals surface area contributed by atoms with Gasteiger partial charge in [0.25, 0.3) is 0 Å². The molecule has 0 radical (unpaired) electrons. The molecule has 1 fully saturated rings. The van der Waals surface area contributed by atoms with Crippen LogP contribution in [0, 0.1) is 0 Å². The Balaban J connectivity index is 1.92. The van der Waals surface area contributed by atoms with Crippen molar-refractivity contribution in [2.24, 2.45) is 0 Å². The molecule has 2 aromatic rings. The molecule has 2 amide bonds. The highest BCUT2D eigenvalue weighted by molar-refractivity contribution is 5.89. The first-order valence-corrected chi connectivity index (χ1v) is 8.13. The summed E-state index contributed by atoms with van der Waals surface area (Å²) in [7, 11) is 0. The SMILES string of the molecule is CC(=O)N[C@H](C)C(=O)N1CCC[C@H]1c1cccc2ccccc12. The Hall–Kier alpha value is -2.36. The van der Waals surface area contributed by atoms with Crippen molar-refractivity contribution in [3.8, 4) is 0 Å². The maximum atomic E-state index is 12.7. The van der Waals surface area contributed by atoms with E-state index in [4.69, 9.17) is 0 Å². The highest BCUT2D eigenvalue weighted by Crippen LogP contribution is 2.36. The fourth-order valence-corrected chi connectivity index (χ4v) is 3.51. The first-order chi connectivity index (χ1) is 11.1. The molecule has 0 bridgehead atoms. The van der Waals surface area contributed by atoms with Crippen LogP contribution in [0.2, 0.25) is 0 Å². The van der Waals surface area contributed by atoms with Crippen molar-refractivity contribution in [2.45, 2.75) is 38.8 Å². The van der Waals surface area contributed by atoms with Gasteiger partial charge in [-0.1, -0.05) is 42.5 Å². The van der Waals surface area contributed by atoms with Crippen molar-refractivity contribution in [3.63, 3.8) is 0 Å². The number of hydrogen-bond donors (Lipinski definition) is 1. The lowest BCUT2D eigenvalue weighted by atomic mass is 9.97. The minimum absolute atomic E-state index is 0.00404. The third-order valence-electron chi connectivity index (χ3n) is 4.51. The Bertz CT molecular complexity index is 736. The number of likely N-dealkylation sites (tertiary alicyclic amines) is 1. The van der Waals surface area contributed by atoms with Gasteiger partial charge in [-0.3, -0.25) is 9.59 Å². The Morgan fingerprint density at radius 2 is 1.91 bits per heavy atom. The largest absolute Gasteiger partial charge is 0.345 e. The summed E-state index contributed by atoms with van der Waals surface area (Å²) >= 11 is 0. The quantitative estimate of drug-likeness (QED) is 0.947. The molecule has 1 N–H and O–H groups in total. The molecule has 23 heavy (non-hydrogen) atoms. The Kier molecular flexibility index (Phi) is 4.33. The molecule has 3 rings (SSSR count). The summed E-state index contributed by atoms with van der Waals surface area (Å²) < 4.78 is 0. The zero-order valence-electron chi connectivity index (χ0n) is 13.6. The van der Waals surface area contributed by atoms with Gasteiger partial charge in [-0.15, -0.1) is 0 Å². The summed E-state index contributed by atoms with van der Waals surface area (Å²) in [5.74, 6) is -0.178. The fraction of sp³-hybridized carbons (Fsp3) is 0.368. The number of carbonyl (C=O) groups is 2. The van der Waals surface area contributed by atoms with Gasteiger partial charge in [0.2, 0.25) is 11.8 Å². The van der Waals surface area contributed by atoms with Gasteiger partial charge >= 0.3 is 0 Å². The van der Waals surface area contributed by atoms with Crippen LogP contribution in [0.15, 0.2) is 42.5 Å². The van der Waals surface area contributed by atoms with Crippen molar-refractivity contribution >= 4 is 22.6 Å². The van der Waals surface area contributed by atoms with Crippen LogP contribution < -0.4 is 5.32 Å². The smallest absolute Gasteiger partial charge is 0.245 e. The monoisotopic (exact) mass is 310 g/mol. The molecule has 0 aliphatic carbocycles. The lowest BCUT2D eigenvalue weighted by Crippen LogP contribution is -2.46.